The molecule has 1 aromatic carbocycles. The Morgan fingerprint density at radius 1 is 0.535 bits per heavy atom. The Morgan fingerprint density at radius 2 is 0.837 bits per heavy atom. The van der Waals surface area contributed by atoms with E-state index in [1.54, 1.807) is 12.1 Å². The van der Waals surface area contributed by atoms with Gasteiger partial charge in [-0.05, 0) is 31.4 Å². The molecule has 43 heavy (non-hydrogen) atoms. The van der Waals surface area contributed by atoms with Gasteiger partial charge in [0.15, 0.2) is 0 Å². The van der Waals surface area contributed by atoms with Gasteiger partial charge in [-0.1, -0.05) is 147 Å². The van der Waals surface area contributed by atoms with Crippen LogP contribution >= 0.6 is 0 Å². The molecule has 0 heterocycles. The molecule has 0 bridgehead atoms. The van der Waals surface area contributed by atoms with Crippen LogP contribution in [-0.4, -0.2) is 43.9 Å². The van der Waals surface area contributed by atoms with Crippen molar-refractivity contribution in [3.63, 3.8) is 0 Å². The quantitative estimate of drug-likeness (QED) is 0.0537. The second kappa shape index (κ2) is 26.5. The summed E-state index contributed by atoms with van der Waals surface area (Å²) in [4.78, 5) is 24.9. The maximum atomic E-state index is 12.5. The van der Waals surface area contributed by atoms with Crippen molar-refractivity contribution in [2.75, 3.05) is 19.0 Å². The van der Waals surface area contributed by atoms with Crippen molar-refractivity contribution >= 4 is 22.1 Å². The first kappa shape index (κ1) is 39.1. The van der Waals surface area contributed by atoms with Crippen molar-refractivity contribution in [2.45, 2.75) is 155 Å². The lowest BCUT2D eigenvalue weighted by molar-refractivity contribution is 0.0451. The predicted molar refractivity (Wildman–Crippen MR) is 175 cm³/mol. The molecule has 8 heteroatoms. The van der Waals surface area contributed by atoms with Gasteiger partial charge < -0.3 is 9.47 Å². The summed E-state index contributed by atoms with van der Waals surface area (Å²) >= 11 is 0. The third-order valence-corrected chi connectivity index (χ3v) is 8.68. The number of carbonyl (C=O) groups is 2. The fourth-order valence-corrected chi connectivity index (χ4v) is 5.81. The molecule has 1 aromatic rings. The monoisotopic (exact) mass is 624 g/mol. The van der Waals surface area contributed by atoms with Crippen LogP contribution in [0.4, 0.5) is 0 Å². The van der Waals surface area contributed by atoms with E-state index in [9.17, 15) is 18.0 Å². The Labute approximate surface area is 262 Å². The van der Waals surface area contributed by atoms with Crippen molar-refractivity contribution in [1.29, 1.82) is 0 Å². The molecular weight excluding hydrogens is 564 g/mol. The normalized spacial score (nSPS) is 11.5. The van der Waals surface area contributed by atoms with Crippen LogP contribution < -0.4 is 0 Å². The minimum atomic E-state index is -4.03. The summed E-state index contributed by atoms with van der Waals surface area (Å²) in [6, 6.07) is 6.36. The van der Waals surface area contributed by atoms with Gasteiger partial charge in [-0.15, -0.1) is 0 Å². The van der Waals surface area contributed by atoms with Crippen LogP contribution in [0.1, 0.15) is 175 Å². The topological polar surface area (TPSA) is 107 Å². The van der Waals surface area contributed by atoms with E-state index in [0.29, 0.717) is 6.61 Å². The highest BCUT2D eigenvalue weighted by molar-refractivity contribution is 7.85. The molecule has 0 aromatic heterocycles. The predicted octanol–water partition coefficient (Wildman–Crippen LogP) is 9.88. The van der Waals surface area contributed by atoms with E-state index in [1.807, 2.05) is 0 Å². The van der Waals surface area contributed by atoms with E-state index in [-0.39, 0.29) is 36.3 Å². The first-order valence-corrected chi connectivity index (χ1v) is 18.8. The van der Waals surface area contributed by atoms with E-state index >= 15 is 0 Å². The molecule has 0 radical (unpaired) electrons. The van der Waals surface area contributed by atoms with Gasteiger partial charge in [0.2, 0.25) is 0 Å². The summed E-state index contributed by atoms with van der Waals surface area (Å²) in [6.07, 6.45) is 28.2. The number of unbranched alkanes of at least 4 members (excludes halogenated alkanes) is 21. The van der Waals surface area contributed by atoms with Crippen molar-refractivity contribution in [3.05, 3.63) is 35.4 Å². The summed E-state index contributed by atoms with van der Waals surface area (Å²) in [7, 11) is -4.03. The molecule has 0 fully saturated rings. The van der Waals surface area contributed by atoms with E-state index < -0.39 is 22.1 Å². The van der Waals surface area contributed by atoms with Gasteiger partial charge in [0, 0.05) is 0 Å². The summed E-state index contributed by atoms with van der Waals surface area (Å²) in [6.45, 7) is 2.59. The van der Waals surface area contributed by atoms with Gasteiger partial charge in [-0.25, -0.2) is 9.59 Å². The molecule has 1 N–H and O–H groups in total. The van der Waals surface area contributed by atoms with Crippen molar-refractivity contribution in [2.24, 2.45) is 0 Å². The highest BCUT2D eigenvalue weighted by Gasteiger charge is 2.19. The Kier molecular flexibility index (Phi) is 24.1. The molecule has 0 saturated heterocycles. The first-order chi connectivity index (χ1) is 20.8. The molecule has 0 aliphatic heterocycles. The molecular formula is C35H60O7S. The van der Waals surface area contributed by atoms with E-state index in [2.05, 4.69) is 6.92 Å². The summed E-state index contributed by atoms with van der Waals surface area (Å²) in [5, 5.41) is 0. The second-order valence-corrected chi connectivity index (χ2v) is 13.5. The maximum absolute atomic E-state index is 12.5. The van der Waals surface area contributed by atoms with Gasteiger partial charge in [0.25, 0.3) is 10.1 Å². The SMILES string of the molecule is CCCCCCCCCCCCCCCCCCCCCCCOC(=O)c1ccccc1C(=O)OCCCCS(=O)(=O)O. The molecule has 7 nitrogen and oxygen atoms in total. The number of hydrogen-bond acceptors (Lipinski definition) is 6. The minimum Gasteiger partial charge on any atom is -0.462 e. The average Bonchev–Trinajstić information content (AvgIpc) is 2.98. The third kappa shape index (κ3) is 23.2. The van der Waals surface area contributed by atoms with Crippen LogP contribution in [0.2, 0.25) is 0 Å². The van der Waals surface area contributed by atoms with Crippen molar-refractivity contribution in [1.82, 2.24) is 0 Å². The van der Waals surface area contributed by atoms with Gasteiger partial charge in [0.05, 0.1) is 30.1 Å². The summed E-state index contributed by atoms with van der Waals surface area (Å²) in [5.41, 5.74) is 0.287. The fourth-order valence-electron chi connectivity index (χ4n) is 5.24. The molecule has 0 amide bonds. The molecule has 0 atom stereocenters. The van der Waals surface area contributed by atoms with Gasteiger partial charge in [-0.3, -0.25) is 4.55 Å². The number of hydrogen-bond donors (Lipinski definition) is 1. The maximum Gasteiger partial charge on any atom is 0.339 e. The first-order valence-electron chi connectivity index (χ1n) is 17.2. The number of esters is 2. The van der Waals surface area contributed by atoms with E-state index in [1.165, 1.54) is 128 Å². The number of benzene rings is 1. The average molecular weight is 625 g/mol. The molecule has 0 unspecified atom stereocenters. The Morgan fingerprint density at radius 3 is 1.16 bits per heavy atom. The van der Waals surface area contributed by atoms with Crippen LogP contribution in [0.25, 0.3) is 0 Å². The van der Waals surface area contributed by atoms with Crippen LogP contribution in [0.5, 0.6) is 0 Å². The van der Waals surface area contributed by atoms with Gasteiger partial charge in [0.1, 0.15) is 0 Å². The van der Waals surface area contributed by atoms with Crippen LogP contribution in [0.15, 0.2) is 24.3 Å². The van der Waals surface area contributed by atoms with Gasteiger partial charge >= 0.3 is 11.9 Å². The number of rotatable bonds is 29. The molecule has 0 aliphatic carbocycles. The highest BCUT2D eigenvalue weighted by atomic mass is 32.2. The minimum absolute atomic E-state index is 0.00280. The summed E-state index contributed by atoms with van der Waals surface area (Å²) in [5.74, 6) is -1.59. The van der Waals surface area contributed by atoms with Crippen molar-refractivity contribution in [3.8, 4) is 0 Å². The largest absolute Gasteiger partial charge is 0.462 e. The Hall–Kier alpha value is -1.93. The molecule has 0 aliphatic rings. The van der Waals surface area contributed by atoms with Crippen LogP contribution in [0.3, 0.4) is 0 Å². The van der Waals surface area contributed by atoms with Crippen LogP contribution in [-0.2, 0) is 19.6 Å². The lowest BCUT2D eigenvalue weighted by Gasteiger charge is -2.10. The molecule has 0 saturated carbocycles. The molecule has 1 rings (SSSR count). The zero-order chi connectivity index (χ0) is 31.4. The standard InChI is InChI=1S/C35H60O7S/c1-2-3-4-5-6-7-8-9-10-11-12-13-14-15-16-17-18-19-20-21-24-29-41-34(36)32-27-22-23-28-33(32)35(37)42-30-25-26-31-43(38,39)40/h22-23,27-28H,2-21,24-26,29-31H2,1H3,(H,38,39,40). The number of carbonyl (C=O) groups excluding carboxylic acids is 2. The fraction of sp³-hybridized carbons (Fsp3) is 0.771. The van der Waals surface area contributed by atoms with Crippen LogP contribution in [0, 0.1) is 0 Å². The van der Waals surface area contributed by atoms with E-state index in [4.69, 9.17) is 14.0 Å². The van der Waals surface area contributed by atoms with Gasteiger partial charge in [-0.2, -0.15) is 8.42 Å². The number of ether oxygens (including phenoxy) is 2. The Balaban J connectivity index is 1.97. The zero-order valence-electron chi connectivity index (χ0n) is 27.0. The smallest absolute Gasteiger partial charge is 0.339 e. The second-order valence-electron chi connectivity index (χ2n) is 11.9. The Bertz CT molecular complexity index is 945. The zero-order valence-corrected chi connectivity index (χ0v) is 27.8. The third-order valence-electron chi connectivity index (χ3n) is 7.88. The summed E-state index contributed by atoms with van der Waals surface area (Å²) < 4.78 is 40.8. The highest BCUT2D eigenvalue weighted by Crippen LogP contribution is 2.16. The molecule has 0 spiro atoms. The lowest BCUT2D eigenvalue weighted by Crippen LogP contribution is -2.15. The van der Waals surface area contributed by atoms with Crippen molar-refractivity contribution < 1.29 is 32.0 Å². The molecule has 248 valence electrons. The van der Waals surface area contributed by atoms with E-state index in [0.717, 1.165) is 19.3 Å². The lowest BCUT2D eigenvalue weighted by atomic mass is 10.0.